The Morgan fingerprint density at radius 3 is 2.45 bits per heavy atom. The lowest BCUT2D eigenvalue weighted by atomic mass is 10.1. The van der Waals surface area contributed by atoms with Crippen LogP contribution < -0.4 is 5.32 Å². The molecule has 3 aromatic rings. The molecule has 0 saturated carbocycles. The SMILES string of the molecule is Cc1cc(-n2c(C)cc(/C=C(\C#N)C(=O)Nc3ccc(Br)cc3)c2C)ccc1I. The molecule has 1 heterocycles. The quantitative estimate of drug-likeness (QED) is 0.231. The standard InChI is InChI=1S/C23H19BrIN3O/c1-14-10-21(8-9-22(14)25)28-15(2)11-17(16(28)3)12-18(13-26)23(29)27-20-6-4-19(24)5-7-20/h4-12H,1-3H3,(H,27,29)/b18-12+. The minimum atomic E-state index is -0.426. The van der Waals surface area contributed by atoms with Crippen molar-refractivity contribution < 1.29 is 4.79 Å². The summed E-state index contributed by atoms with van der Waals surface area (Å²) in [5.74, 6) is -0.426. The molecule has 0 radical (unpaired) electrons. The first-order valence-corrected chi connectivity index (χ1v) is 10.8. The fourth-order valence-electron chi connectivity index (χ4n) is 3.13. The zero-order valence-corrected chi connectivity index (χ0v) is 20.0. The molecule has 1 aromatic heterocycles. The number of rotatable bonds is 4. The summed E-state index contributed by atoms with van der Waals surface area (Å²) in [6.45, 7) is 6.10. The van der Waals surface area contributed by atoms with Gasteiger partial charge < -0.3 is 9.88 Å². The van der Waals surface area contributed by atoms with Crippen molar-refractivity contribution in [1.29, 1.82) is 5.26 Å². The number of carbonyl (C=O) groups is 1. The molecule has 1 amide bonds. The number of halogens is 2. The fraction of sp³-hybridized carbons (Fsp3) is 0.130. The molecule has 1 N–H and O–H groups in total. The maximum atomic E-state index is 12.6. The Morgan fingerprint density at radius 2 is 1.83 bits per heavy atom. The highest BCUT2D eigenvalue weighted by molar-refractivity contribution is 14.1. The maximum absolute atomic E-state index is 12.6. The van der Waals surface area contributed by atoms with Crippen molar-refractivity contribution in [3.05, 3.63) is 84.7 Å². The molecule has 0 aliphatic carbocycles. The average molecular weight is 560 g/mol. The lowest BCUT2D eigenvalue weighted by molar-refractivity contribution is -0.112. The third-order valence-corrected chi connectivity index (χ3v) is 6.38. The van der Waals surface area contributed by atoms with E-state index in [4.69, 9.17) is 0 Å². The first-order chi connectivity index (χ1) is 13.8. The van der Waals surface area contributed by atoms with Crippen molar-refractivity contribution in [2.45, 2.75) is 20.8 Å². The highest BCUT2D eigenvalue weighted by Crippen LogP contribution is 2.25. The van der Waals surface area contributed by atoms with Crippen LogP contribution >= 0.6 is 38.5 Å². The average Bonchev–Trinajstić information content (AvgIpc) is 2.97. The number of anilines is 1. The largest absolute Gasteiger partial charge is 0.321 e. The number of nitrogens with one attached hydrogen (secondary N) is 1. The van der Waals surface area contributed by atoms with Crippen LogP contribution in [0, 0.1) is 35.7 Å². The number of hydrogen-bond donors (Lipinski definition) is 1. The van der Waals surface area contributed by atoms with Crippen LogP contribution in [0.15, 0.2) is 58.6 Å². The summed E-state index contributed by atoms with van der Waals surface area (Å²) in [6, 6.07) is 17.6. The van der Waals surface area contributed by atoms with Crippen molar-refractivity contribution >= 4 is 56.2 Å². The molecule has 29 heavy (non-hydrogen) atoms. The van der Waals surface area contributed by atoms with Gasteiger partial charge in [-0.2, -0.15) is 5.26 Å². The van der Waals surface area contributed by atoms with Gasteiger partial charge in [0.2, 0.25) is 0 Å². The minimum Gasteiger partial charge on any atom is -0.321 e. The summed E-state index contributed by atoms with van der Waals surface area (Å²) >= 11 is 5.68. The topological polar surface area (TPSA) is 57.8 Å². The van der Waals surface area contributed by atoms with Gasteiger partial charge in [0.1, 0.15) is 11.6 Å². The van der Waals surface area contributed by atoms with Crippen molar-refractivity contribution in [3.63, 3.8) is 0 Å². The third-order valence-electron chi connectivity index (χ3n) is 4.64. The summed E-state index contributed by atoms with van der Waals surface area (Å²) in [5.41, 5.74) is 5.84. The molecule has 146 valence electrons. The van der Waals surface area contributed by atoms with E-state index in [0.29, 0.717) is 5.69 Å². The van der Waals surface area contributed by atoms with E-state index >= 15 is 0 Å². The van der Waals surface area contributed by atoms with E-state index in [1.165, 1.54) is 9.13 Å². The van der Waals surface area contributed by atoms with E-state index in [9.17, 15) is 10.1 Å². The number of nitriles is 1. The van der Waals surface area contributed by atoms with Gasteiger partial charge in [-0.15, -0.1) is 0 Å². The molecule has 0 spiro atoms. The summed E-state index contributed by atoms with van der Waals surface area (Å²) in [7, 11) is 0. The molecule has 6 heteroatoms. The second kappa shape index (κ2) is 8.97. The second-order valence-electron chi connectivity index (χ2n) is 6.73. The van der Waals surface area contributed by atoms with Crippen LogP contribution in [0.2, 0.25) is 0 Å². The third kappa shape index (κ3) is 4.80. The number of hydrogen-bond acceptors (Lipinski definition) is 2. The Bertz CT molecular complexity index is 1150. The van der Waals surface area contributed by atoms with Crippen LogP contribution in [0.3, 0.4) is 0 Å². The van der Waals surface area contributed by atoms with Gasteiger partial charge in [-0.3, -0.25) is 4.79 Å². The number of aromatic nitrogens is 1. The van der Waals surface area contributed by atoms with Gasteiger partial charge in [-0.25, -0.2) is 0 Å². The van der Waals surface area contributed by atoms with E-state index in [2.05, 4.69) is 73.5 Å². The van der Waals surface area contributed by atoms with Crippen LogP contribution in [0.25, 0.3) is 11.8 Å². The molecular formula is C23H19BrIN3O. The predicted molar refractivity (Wildman–Crippen MR) is 129 cm³/mol. The lowest BCUT2D eigenvalue weighted by Gasteiger charge is -2.11. The molecule has 0 fully saturated rings. The normalized spacial score (nSPS) is 11.2. The first kappa shape index (κ1) is 21.3. The van der Waals surface area contributed by atoms with Crippen LogP contribution in [0.4, 0.5) is 5.69 Å². The molecule has 0 unspecified atom stereocenters. The molecule has 0 saturated heterocycles. The molecule has 0 bridgehead atoms. The number of nitrogens with zero attached hydrogens (tertiary/aromatic N) is 2. The highest BCUT2D eigenvalue weighted by atomic mass is 127. The number of benzene rings is 2. The van der Waals surface area contributed by atoms with Gasteiger partial charge in [0.05, 0.1) is 0 Å². The van der Waals surface area contributed by atoms with Crippen LogP contribution in [-0.4, -0.2) is 10.5 Å². The van der Waals surface area contributed by atoms with Crippen molar-refractivity contribution in [3.8, 4) is 11.8 Å². The van der Waals surface area contributed by atoms with Gasteiger partial charge in [0.15, 0.2) is 0 Å². The Morgan fingerprint density at radius 1 is 1.14 bits per heavy atom. The molecule has 2 aromatic carbocycles. The zero-order chi connectivity index (χ0) is 21.1. The van der Waals surface area contributed by atoms with Crippen LogP contribution in [0.5, 0.6) is 0 Å². The Kier molecular flexibility index (Phi) is 6.60. The fourth-order valence-corrected chi connectivity index (χ4v) is 3.73. The van der Waals surface area contributed by atoms with Crippen molar-refractivity contribution in [1.82, 2.24) is 4.57 Å². The summed E-state index contributed by atoms with van der Waals surface area (Å²) < 4.78 is 4.27. The van der Waals surface area contributed by atoms with Crippen molar-refractivity contribution in [2.75, 3.05) is 5.32 Å². The monoisotopic (exact) mass is 559 g/mol. The van der Waals surface area contributed by atoms with E-state index in [0.717, 1.165) is 27.1 Å². The van der Waals surface area contributed by atoms with E-state index in [1.54, 1.807) is 18.2 Å². The molecule has 3 rings (SSSR count). The van der Waals surface area contributed by atoms with Gasteiger partial charge in [0, 0.05) is 30.8 Å². The zero-order valence-electron chi connectivity index (χ0n) is 16.3. The molecule has 0 atom stereocenters. The predicted octanol–water partition coefficient (Wildman–Crippen LogP) is 6.32. The van der Waals surface area contributed by atoms with Crippen LogP contribution in [0.1, 0.15) is 22.5 Å². The summed E-state index contributed by atoms with van der Waals surface area (Å²) in [6.07, 6.45) is 1.65. The Labute approximate surface area is 192 Å². The van der Waals surface area contributed by atoms with Gasteiger partial charge >= 0.3 is 0 Å². The Hall–Kier alpha value is -2.37. The Balaban J connectivity index is 1.94. The number of amides is 1. The molecule has 0 aliphatic rings. The first-order valence-electron chi connectivity index (χ1n) is 8.94. The highest BCUT2D eigenvalue weighted by Gasteiger charge is 2.14. The summed E-state index contributed by atoms with van der Waals surface area (Å²) in [4.78, 5) is 12.6. The van der Waals surface area contributed by atoms with Gasteiger partial charge in [-0.1, -0.05) is 15.9 Å². The van der Waals surface area contributed by atoms with E-state index < -0.39 is 5.91 Å². The number of aryl methyl sites for hydroxylation is 2. The van der Waals surface area contributed by atoms with E-state index in [1.807, 2.05) is 38.1 Å². The lowest BCUT2D eigenvalue weighted by Crippen LogP contribution is -2.13. The van der Waals surface area contributed by atoms with Crippen LogP contribution in [-0.2, 0) is 4.79 Å². The second-order valence-corrected chi connectivity index (χ2v) is 8.80. The van der Waals surface area contributed by atoms with Crippen molar-refractivity contribution in [2.24, 2.45) is 0 Å². The van der Waals surface area contributed by atoms with E-state index in [-0.39, 0.29) is 5.57 Å². The molecule has 4 nitrogen and oxygen atoms in total. The van der Waals surface area contributed by atoms with Gasteiger partial charge in [0.25, 0.3) is 5.91 Å². The minimum absolute atomic E-state index is 0.0620. The van der Waals surface area contributed by atoms with Gasteiger partial charge in [-0.05, 0) is 109 Å². The molecular weight excluding hydrogens is 541 g/mol. The number of carbonyl (C=O) groups excluding carboxylic acids is 1. The smallest absolute Gasteiger partial charge is 0.266 e. The summed E-state index contributed by atoms with van der Waals surface area (Å²) in [5, 5.41) is 12.3. The molecule has 0 aliphatic heterocycles. The maximum Gasteiger partial charge on any atom is 0.266 e.